The first-order chi connectivity index (χ1) is 7.27. The molecule has 0 saturated heterocycles. The van der Waals surface area contributed by atoms with E-state index in [0.717, 1.165) is 25.6 Å². The van der Waals surface area contributed by atoms with Crippen molar-refractivity contribution in [3.05, 3.63) is 0 Å². The monoisotopic (exact) mass is 214 g/mol. The SMILES string of the molecule is CNCC(C)CN(CCCO)C1CCC1. The van der Waals surface area contributed by atoms with Crippen molar-refractivity contribution in [1.29, 1.82) is 0 Å². The molecule has 0 amide bonds. The van der Waals surface area contributed by atoms with Crippen molar-refractivity contribution < 1.29 is 5.11 Å². The zero-order valence-electron chi connectivity index (χ0n) is 10.2. The third-order valence-electron chi connectivity index (χ3n) is 3.29. The van der Waals surface area contributed by atoms with Crippen molar-refractivity contribution in [2.24, 2.45) is 5.92 Å². The molecule has 0 aromatic heterocycles. The number of rotatable bonds is 8. The van der Waals surface area contributed by atoms with Crippen LogP contribution in [0.25, 0.3) is 0 Å². The van der Waals surface area contributed by atoms with Gasteiger partial charge in [0.05, 0.1) is 0 Å². The summed E-state index contributed by atoms with van der Waals surface area (Å²) in [7, 11) is 2.01. The molecule has 0 radical (unpaired) electrons. The zero-order chi connectivity index (χ0) is 11.1. The fourth-order valence-corrected chi connectivity index (χ4v) is 2.26. The van der Waals surface area contributed by atoms with Crippen LogP contribution >= 0.6 is 0 Å². The second-order valence-corrected chi connectivity index (χ2v) is 4.82. The molecule has 0 aromatic rings. The Morgan fingerprint density at radius 3 is 2.67 bits per heavy atom. The molecule has 0 bridgehead atoms. The fraction of sp³-hybridized carbons (Fsp3) is 1.00. The average Bonchev–Trinajstić information content (AvgIpc) is 2.11. The molecule has 0 spiro atoms. The first kappa shape index (κ1) is 12.9. The van der Waals surface area contributed by atoms with E-state index in [9.17, 15) is 0 Å². The number of aliphatic hydroxyl groups excluding tert-OH is 1. The van der Waals surface area contributed by atoms with Gasteiger partial charge in [-0.25, -0.2) is 0 Å². The highest BCUT2D eigenvalue weighted by atomic mass is 16.3. The zero-order valence-corrected chi connectivity index (χ0v) is 10.2. The van der Waals surface area contributed by atoms with Crippen LogP contribution in [0.5, 0.6) is 0 Å². The average molecular weight is 214 g/mol. The standard InChI is InChI=1S/C12H26N2O/c1-11(9-13-2)10-14(7-4-8-15)12-5-3-6-12/h11-13,15H,3-10H2,1-2H3. The van der Waals surface area contributed by atoms with E-state index in [1.54, 1.807) is 0 Å². The van der Waals surface area contributed by atoms with E-state index >= 15 is 0 Å². The first-order valence-corrected chi connectivity index (χ1v) is 6.27. The molecule has 1 fully saturated rings. The maximum atomic E-state index is 8.89. The van der Waals surface area contributed by atoms with Crippen LogP contribution in [0, 0.1) is 5.92 Å². The number of nitrogens with zero attached hydrogens (tertiary/aromatic N) is 1. The highest BCUT2D eigenvalue weighted by molar-refractivity contribution is 4.81. The van der Waals surface area contributed by atoms with E-state index < -0.39 is 0 Å². The minimum atomic E-state index is 0.323. The van der Waals surface area contributed by atoms with Crippen LogP contribution in [-0.2, 0) is 0 Å². The van der Waals surface area contributed by atoms with Gasteiger partial charge in [0, 0.05) is 25.7 Å². The summed E-state index contributed by atoms with van der Waals surface area (Å²) in [6.07, 6.45) is 5.03. The molecule has 1 saturated carbocycles. The van der Waals surface area contributed by atoms with Gasteiger partial charge >= 0.3 is 0 Å². The van der Waals surface area contributed by atoms with E-state index in [0.29, 0.717) is 12.5 Å². The molecule has 1 unspecified atom stereocenters. The molecule has 1 rings (SSSR count). The second-order valence-electron chi connectivity index (χ2n) is 4.82. The largest absolute Gasteiger partial charge is 0.396 e. The molecule has 1 aliphatic carbocycles. The van der Waals surface area contributed by atoms with Crippen molar-refractivity contribution in [3.8, 4) is 0 Å². The molecule has 0 heterocycles. The van der Waals surface area contributed by atoms with E-state index in [4.69, 9.17) is 5.11 Å². The van der Waals surface area contributed by atoms with Gasteiger partial charge in [-0.15, -0.1) is 0 Å². The van der Waals surface area contributed by atoms with E-state index in [-0.39, 0.29) is 0 Å². The molecule has 0 aromatic carbocycles. The molecule has 0 aliphatic heterocycles. The molecule has 3 heteroatoms. The van der Waals surface area contributed by atoms with Crippen molar-refractivity contribution in [2.75, 3.05) is 33.3 Å². The maximum Gasteiger partial charge on any atom is 0.0443 e. The Balaban J connectivity index is 2.27. The summed E-state index contributed by atoms with van der Waals surface area (Å²) in [5, 5.41) is 12.1. The van der Waals surface area contributed by atoms with Gasteiger partial charge in [-0.3, -0.25) is 4.90 Å². The molecular weight excluding hydrogens is 188 g/mol. The molecule has 1 atom stereocenters. The lowest BCUT2D eigenvalue weighted by Gasteiger charge is -2.39. The number of aliphatic hydroxyl groups is 1. The predicted octanol–water partition coefficient (Wildman–Crippen LogP) is 1.08. The van der Waals surface area contributed by atoms with Gasteiger partial charge < -0.3 is 10.4 Å². The topological polar surface area (TPSA) is 35.5 Å². The maximum absolute atomic E-state index is 8.89. The van der Waals surface area contributed by atoms with Crippen LogP contribution in [0.15, 0.2) is 0 Å². The highest BCUT2D eigenvalue weighted by Crippen LogP contribution is 2.25. The van der Waals surface area contributed by atoms with Crippen molar-refractivity contribution >= 4 is 0 Å². The Hall–Kier alpha value is -0.120. The van der Waals surface area contributed by atoms with Crippen LogP contribution in [0.2, 0.25) is 0 Å². The third-order valence-corrected chi connectivity index (χ3v) is 3.29. The van der Waals surface area contributed by atoms with Gasteiger partial charge in [-0.1, -0.05) is 13.3 Å². The van der Waals surface area contributed by atoms with Crippen LogP contribution in [0.3, 0.4) is 0 Å². The number of hydrogen-bond donors (Lipinski definition) is 2. The first-order valence-electron chi connectivity index (χ1n) is 6.27. The molecule has 2 N–H and O–H groups in total. The van der Waals surface area contributed by atoms with Crippen LogP contribution < -0.4 is 5.32 Å². The van der Waals surface area contributed by atoms with E-state index in [2.05, 4.69) is 17.1 Å². The minimum Gasteiger partial charge on any atom is -0.396 e. The number of nitrogens with one attached hydrogen (secondary N) is 1. The van der Waals surface area contributed by atoms with Gasteiger partial charge in [-0.2, -0.15) is 0 Å². The third kappa shape index (κ3) is 4.49. The Labute approximate surface area is 93.9 Å². The molecular formula is C12H26N2O. The summed E-state index contributed by atoms with van der Waals surface area (Å²) in [6, 6.07) is 0.802. The van der Waals surface area contributed by atoms with Gasteiger partial charge in [0.15, 0.2) is 0 Å². The number of hydrogen-bond acceptors (Lipinski definition) is 3. The van der Waals surface area contributed by atoms with Crippen LogP contribution in [0.1, 0.15) is 32.6 Å². The molecule has 90 valence electrons. The molecule has 1 aliphatic rings. The van der Waals surface area contributed by atoms with Gasteiger partial charge in [0.1, 0.15) is 0 Å². The second kappa shape index (κ2) is 7.20. The van der Waals surface area contributed by atoms with Gasteiger partial charge in [0.25, 0.3) is 0 Å². The molecule has 15 heavy (non-hydrogen) atoms. The summed E-state index contributed by atoms with van der Waals surface area (Å²) < 4.78 is 0. The highest BCUT2D eigenvalue weighted by Gasteiger charge is 2.25. The van der Waals surface area contributed by atoms with Gasteiger partial charge in [0.2, 0.25) is 0 Å². The van der Waals surface area contributed by atoms with Crippen molar-refractivity contribution in [2.45, 2.75) is 38.6 Å². The Morgan fingerprint density at radius 2 is 2.20 bits per heavy atom. The molecule has 3 nitrogen and oxygen atoms in total. The summed E-state index contributed by atoms with van der Waals surface area (Å²) in [6.45, 7) is 5.94. The van der Waals surface area contributed by atoms with E-state index in [1.807, 2.05) is 7.05 Å². The minimum absolute atomic E-state index is 0.323. The smallest absolute Gasteiger partial charge is 0.0443 e. The fourth-order valence-electron chi connectivity index (χ4n) is 2.26. The summed E-state index contributed by atoms with van der Waals surface area (Å²) in [4.78, 5) is 2.57. The Kier molecular flexibility index (Phi) is 6.22. The summed E-state index contributed by atoms with van der Waals surface area (Å²) in [5.74, 6) is 0.703. The summed E-state index contributed by atoms with van der Waals surface area (Å²) in [5.41, 5.74) is 0. The van der Waals surface area contributed by atoms with Gasteiger partial charge in [-0.05, 0) is 38.8 Å². The lowest BCUT2D eigenvalue weighted by molar-refractivity contribution is 0.101. The lowest BCUT2D eigenvalue weighted by atomic mass is 9.90. The Morgan fingerprint density at radius 1 is 1.47 bits per heavy atom. The summed E-state index contributed by atoms with van der Waals surface area (Å²) >= 11 is 0. The van der Waals surface area contributed by atoms with Crippen molar-refractivity contribution in [3.63, 3.8) is 0 Å². The Bertz CT molecular complexity index is 160. The van der Waals surface area contributed by atoms with Crippen LogP contribution in [0.4, 0.5) is 0 Å². The van der Waals surface area contributed by atoms with Crippen LogP contribution in [-0.4, -0.2) is 49.3 Å². The quantitative estimate of drug-likeness (QED) is 0.634. The lowest BCUT2D eigenvalue weighted by Crippen LogP contribution is -2.44. The van der Waals surface area contributed by atoms with Crippen molar-refractivity contribution in [1.82, 2.24) is 10.2 Å². The predicted molar refractivity (Wildman–Crippen MR) is 64.0 cm³/mol. The normalized spacial score (nSPS) is 19.2. The van der Waals surface area contributed by atoms with E-state index in [1.165, 1.54) is 25.8 Å².